The van der Waals surface area contributed by atoms with E-state index in [9.17, 15) is 0 Å². The third-order valence-electron chi connectivity index (χ3n) is 6.79. The molecule has 7 rings (SSSR count). The van der Waals surface area contributed by atoms with E-state index in [1.165, 1.54) is 27.5 Å². The molecule has 35 heavy (non-hydrogen) atoms. The van der Waals surface area contributed by atoms with E-state index in [2.05, 4.69) is 109 Å². The Kier molecular flexibility index (Phi) is 4.36. The standard InChI is InChI=1S/C32H22N2O/c1-21-17-25(22-9-3-2-4-10-22)15-16-29(21)34-30-14-8-7-13-28(30)33-32(34)27-20-35-31-19-24-12-6-5-11-23(24)18-26(27)31/h2-20H,1H3. The Labute approximate surface area is 202 Å². The summed E-state index contributed by atoms with van der Waals surface area (Å²) in [6.07, 6.45) is 1.84. The number of fused-ring (bicyclic) bond motifs is 3. The van der Waals surface area contributed by atoms with Crippen molar-refractivity contribution >= 4 is 32.8 Å². The highest BCUT2D eigenvalue weighted by Gasteiger charge is 2.20. The lowest BCUT2D eigenvalue weighted by atomic mass is 10.0. The number of furan rings is 1. The van der Waals surface area contributed by atoms with Crippen LogP contribution in [0.2, 0.25) is 0 Å². The molecule has 166 valence electrons. The fraction of sp³-hybridized carbons (Fsp3) is 0.0312. The van der Waals surface area contributed by atoms with Crippen LogP contribution in [0, 0.1) is 6.92 Å². The summed E-state index contributed by atoms with van der Waals surface area (Å²) in [5, 5.41) is 3.43. The van der Waals surface area contributed by atoms with Gasteiger partial charge in [0.15, 0.2) is 0 Å². The van der Waals surface area contributed by atoms with E-state index in [4.69, 9.17) is 9.40 Å². The molecule has 2 heterocycles. The summed E-state index contributed by atoms with van der Waals surface area (Å²) in [6.45, 7) is 2.17. The quantitative estimate of drug-likeness (QED) is 0.270. The van der Waals surface area contributed by atoms with Gasteiger partial charge < -0.3 is 4.42 Å². The van der Waals surface area contributed by atoms with E-state index in [0.717, 1.165) is 39.1 Å². The van der Waals surface area contributed by atoms with Crippen molar-refractivity contribution in [2.45, 2.75) is 6.92 Å². The number of benzene rings is 5. The van der Waals surface area contributed by atoms with Crippen molar-refractivity contribution in [1.82, 2.24) is 9.55 Å². The molecule has 5 aromatic carbocycles. The van der Waals surface area contributed by atoms with Crippen LogP contribution in [-0.4, -0.2) is 9.55 Å². The largest absolute Gasteiger partial charge is 0.464 e. The summed E-state index contributed by atoms with van der Waals surface area (Å²) in [6, 6.07) is 38.2. The van der Waals surface area contributed by atoms with Crippen molar-refractivity contribution in [1.29, 1.82) is 0 Å². The monoisotopic (exact) mass is 450 g/mol. The van der Waals surface area contributed by atoms with Crippen LogP contribution >= 0.6 is 0 Å². The molecular formula is C32H22N2O. The molecule has 0 spiro atoms. The molecular weight excluding hydrogens is 428 g/mol. The molecule has 0 bridgehead atoms. The molecule has 0 aliphatic heterocycles. The average molecular weight is 451 g/mol. The van der Waals surface area contributed by atoms with Crippen LogP contribution < -0.4 is 0 Å². The minimum absolute atomic E-state index is 0.869. The number of aromatic nitrogens is 2. The maximum atomic E-state index is 6.05. The maximum Gasteiger partial charge on any atom is 0.149 e. The molecule has 0 fully saturated rings. The minimum Gasteiger partial charge on any atom is -0.464 e. The number of rotatable bonds is 3. The molecule has 7 aromatic rings. The highest BCUT2D eigenvalue weighted by molar-refractivity contribution is 6.03. The smallest absolute Gasteiger partial charge is 0.149 e. The van der Waals surface area contributed by atoms with E-state index in [-0.39, 0.29) is 0 Å². The highest BCUT2D eigenvalue weighted by atomic mass is 16.3. The maximum absolute atomic E-state index is 6.05. The van der Waals surface area contributed by atoms with E-state index in [1.807, 2.05) is 18.4 Å². The second-order valence-corrected chi connectivity index (χ2v) is 8.97. The Morgan fingerprint density at radius 3 is 2.26 bits per heavy atom. The van der Waals surface area contributed by atoms with E-state index in [0.29, 0.717) is 0 Å². The van der Waals surface area contributed by atoms with Crippen LogP contribution in [0.15, 0.2) is 120 Å². The van der Waals surface area contributed by atoms with Gasteiger partial charge in [0.2, 0.25) is 0 Å². The van der Waals surface area contributed by atoms with E-state index < -0.39 is 0 Å². The Morgan fingerprint density at radius 1 is 0.686 bits per heavy atom. The third kappa shape index (κ3) is 3.17. The molecule has 0 amide bonds. The highest BCUT2D eigenvalue weighted by Crippen LogP contribution is 2.37. The van der Waals surface area contributed by atoms with E-state index in [1.54, 1.807) is 0 Å². The van der Waals surface area contributed by atoms with Gasteiger partial charge in [0.1, 0.15) is 17.7 Å². The first kappa shape index (κ1) is 19.8. The minimum atomic E-state index is 0.869. The summed E-state index contributed by atoms with van der Waals surface area (Å²) in [4.78, 5) is 5.09. The number of para-hydroxylation sites is 2. The summed E-state index contributed by atoms with van der Waals surface area (Å²) in [5.74, 6) is 0.885. The topological polar surface area (TPSA) is 31.0 Å². The van der Waals surface area contributed by atoms with Crippen LogP contribution in [0.4, 0.5) is 0 Å². The predicted octanol–water partition coefficient (Wildman–Crippen LogP) is 8.57. The molecule has 0 aliphatic carbocycles. The van der Waals surface area contributed by atoms with Gasteiger partial charge in [0.05, 0.1) is 22.3 Å². The van der Waals surface area contributed by atoms with Crippen molar-refractivity contribution < 1.29 is 4.42 Å². The number of aryl methyl sites for hydroxylation is 1. The lowest BCUT2D eigenvalue weighted by Crippen LogP contribution is -2.00. The number of hydrogen-bond acceptors (Lipinski definition) is 2. The van der Waals surface area contributed by atoms with Crippen molar-refractivity contribution in [2.75, 3.05) is 0 Å². The van der Waals surface area contributed by atoms with Gasteiger partial charge in [-0.1, -0.05) is 72.8 Å². The Bertz CT molecular complexity index is 1860. The number of hydrogen-bond donors (Lipinski definition) is 0. The van der Waals surface area contributed by atoms with Crippen LogP contribution in [-0.2, 0) is 0 Å². The summed E-state index contributed by atoms with van der Waals surface area (Å²) in [5.41, 5.74) is 8.63. The summed E-state index contributed by atoms with van der Waals surface area (Å²) >= 11 is 0. The molecule has 0 atom stereocenters. The first-order valence-electron chi connectivity index (χ1n) is 11.8. The normalized spacial score (nSPS) is 11.6. The van der Waals surface area contributed by atoms with Gasteiger partial charge >= 0.3 is 0 Å². The molecule has 0 aliphatic rings. The van der Waals surface area contributed by atoms with Gasteiger partial charge in [-0.3, -0.25) is 4.57 Å². The van der Waals surface area contributed by atoms with Gasteiger partial charge in [0.25, 0.3) is 0 Å². The number of imidazole rings is 1. The zero-order valence-corrected chi connectivity index (χ0v) is 19.3. The van der Waals surface area contributed by atoms with Crippen molar-refractivity contribution in [3.63, 3.8) is 0 Å². The second-order valence-electron chi connectivity index (χ2n) is 8.97. The first-order chi connectivity index (χ1) is 17.3. The van der Waals surface area contributed by atoms with Gasteiger partial charge in [-0.15, -0.1) is 0 Å². The summed E-state index contributed by atoms with van der Waals surface area (Å²) < 4.78 is 8.32. The molecule has 0 saturated carbocycles. The third-order valence-corrected chi connectivity index (χ3v) is 6.79. The molecule has 3 nitrogen and oxygen atoms in total. The van der Waals surface area contributed by atoms with Crippen LogP contribution in [0.1, 0.15) is 5.56 Å². The second kappa shape index (κ2) is 7.71. The lowest BCUT2D eigenvalue weighted by molar-refractivity contribution is 0.617. The van der Waals surface area contributed by atoms with Gasteiger partial charge in [0, 0.05) is 5.39 Å². The van der Waals surface area contributed by atoms with Gasteiger partial charge in [-0.25, -0.2) is 4.98 Å². The predicted molar refractivity (Wildman–Crippen MR) is 144 cm³/mol. The Balaban J connectivity index is 1.48. The Hall–Kier alpha value is -4.63. The molecule has 0 N–H and O–H groups in total. The molecule has 0 radical (unpaired) electrons. The fourth-order valence-corrected chi connectivity index (χ4v) is 5.05. The summed E-state index contributed by atoms with van der Waals surface area (Å²) in [7, 11) is 0. The zero-order chi connectivity index (χ0) is 23.4. The van der Waals surface area contributed by atoms with Crippen LogP contribution in [0.3, 0.4) is 0 Å². The van der Waals surface area contributed by atoms with Crippen LogP contribution in [0.25, 0.3) is 61.0 Å². The van der Waals surface area contributed by atoms with E-state index >= 15 is 0 Å². The fourth-order valence-electron chi connectivity index (χ4n) is 5.05. The van der Waals surface area contributed by atoms with Gasteiger partial charge in [-0.05, 0) is 70.8 Å². The molecule has 3 heteroatoms. The van der Waals surface area contributed by atoms with Crippen molar-refractivity contribution in [2.24, 2.45) is 0 Å². The molecule has 0 saturated heterocycles. The Morgan fingerprint density at radius 2 is 1.43 bits per heavy atom. The van der Waals surface area contributed by atoms with Crippen molar-refractivity contribution in [3.05, 3.63) is 121 Å². The SMILES string of the molecule is Cc1cc(-c2ccccc2)ccc1-n1c(-c2coc3cc4ccccc4cc23)nc2ccccc21. The first-order valence-corrected chi connectivity index (χ1v) is 11.8. The lowest BCUT2D eigenvalue weighted by Gasteiger charge is -2.14. The average Bonchev–Trinajstić information content (AvgIpc) is 3.48. The van der Waals surface area contributed by atoms with Crippen LogP contribution in [0.5, 0.6) is 0 Å². The molecule has 2 aromatic heterocycles. The zero-order valence-electron chi connectivity index (χ0n) is 19.3. The van der Waals surface area contributed by atoms with Gasteiger partial charge in [-0.2, -0.15) is 0 Å². The molecule has 0 unspecified atom stereocenters. The van der Waals surface area contributed by atoms with Crippen molar-refractivity contribution in [3.8, 4) is 28.2 Å². The number of nitrogens with zero attached hydrogens (tertiary/aromatic N) is 2.